The largest absolute Gasteiger partial charge is 0.352 e. The lowest BCUT2D eigenvalue weighted by Crippen LogP contribution is -2.34. The highest BCUT2D eigenvalue weighted by molar-refractivity contribution is 5.44. The molecule has 1 N–H and O–H groups in total. The summed E-state index contributed by atoms with van der Waals surface area (Å²) in [5.74, 6) is 1.98. The van der Waals surface area contributed by atoms with Crippen LogP contribution in [0, 0.1) is 5.92 Å². The Morgan fingerprint density at radius 2 is 2.11 bits per heavy atom. The lowest BCUT2D eigenvalue weighted by atomic mass is 9.88. The van der Waals surface area contributed by atoms with Crippen molar-refractivity contribution in [3.05, 3.63) is 23.9 Å². The van der Waals surface area contributed by atoms with Gasteiger partial charge in [-0.15, -0.1) is 0 Å². The summed E-state index contributed by atoms with van der Waals surface area (Å²) in [6.45, 7) is 10.2. The van der Waals surface area contributed by atoms with Crippen molar-refractivity contribution < 1.29 is 0 Å². The molecular weight excluding hydrogens is 222 g/mol. The Bertz CT molecular complexity index is 418. The zero-order chi connectivity index (χ0) is 12.8. The van der Waals surface area contributed by atoms with E-state index in [1.165, 1.54) is 25.1 Å². The Labute approximate surface area is 110 Å². The van der Waals surface area contributed by atoms with E-state index in [1.54, 1.807) is 0 Å². The van der Waals surface area contributed by atoms with Crippen molar-refractivity contribution in [2.24, 2.45) is 5.92 Å². The number of aromatic nitrogens is 1. The Morgan fingerprint density at radius 3 is 2.78 bits per heavy atom. The first-order valence-electron chi connectivity index (χ1n) is 6.99. The van der Waals surface area contributed by atoms with Gasteiger partial charge in [0.2, 0.25) is 0 Å². The van der Waals surface area contributed by atoms with Crippen LogP contribution in [-0.2, 0) is 5.41 Å². The van der Waals surface area contributed by atoms with Crippen molar-refractivity contribution in [3.63, 3.8) is 0 Å². The third-order valence-corrected chi connectivity index (χ3v) is 4.35. The van der Waals surface area contributed by atoms with Crippen molar-refractivity contribution in [1.29, 1.82) is 0 Å². The van der Waals surface area contributed by atoms with E-state index in [0.717, 1.165) is 18.3 Å². The van der Waals surface area contributed by atoms with E-state index in [0.29, 0.717) is 6.04 Å². The first-order chi connectivity index (χ1) is 8.55. The summed E-state index contributed by atoms with van der Waals surface area (Å²) in [6, 6.07) is 5.09. The molecule has 1 aromatic heterocycles. The van der Waals surface area contributed by atoms with E-state index in [4.69, 9.17) is 0 Å². The maximum absolute atomic E-state index is 4.69. The minimum atomic E-state index is 0.188. The second kappa shape index (κ2) is 4.23. The van der Waals surface area contributed by atoms with Crippen molar-refractivity contribution >= 4 is 5.82 Å². The van der Waals surface area contributed by atoms with Crippen LogP contribution < -0.4 is 10.2 Å². The SMILES string of the molecule is CC(C)(C)c1ccc(N2CC[C@H]3CNC[C@H]32)nc1. The van der Waals surface area contributed by atoms with Gasteiger partial charge in [-0.3, -0.25) is 0 Å². The van der Waals surface area contributed by atoms with Crippen LogP contribution in [0.5, 0.6) is 0 Å². The van der Waals surface area contributed by atoms with Crippen LogP contribution in [0.3, 0.4) is 0 Å². The molecule has 2 aliphatic rings. The molecule has 2 atom stereocenters. The number of nitrogens with one attached hydrogen (secondary N) is 1. The van der Waals surface area contributed by atoms with Crippen LogP contribution >= 0.6 is 0 Å². The first-order valence-corrected chi connectivity index (χ1v) is 6.99. The number of nitrogens with zero attached hydrogens (tertiary/aromatic N) is 2. The predicted octanol–water partition coefficient (Wildman–Crippen LogP) is 2.18. The quantitative estimate of drug-likeness (QED) is 0.822. The van der Waals surface area contributed by atoms with Gasteiger partial charge in [0.1, 0.15) is 5.82 Å². The number of rotatable bonds is 1. The van der Waals surface area contributed by atoms with Crippen molar-refractivity contribution in [2.75, 3.05) is 24.5 Å². The van der Waals surface area contributed by atoms with Gasteiger partial charge in [0.15, 0.2) is 0 Å². The van der Waals surface area contributed by atoms with Crippen LogP contribution in [0.15, 0.2) is 18.3 Å². The highest BCUT2D eigenvalue weighted by Gasteiger charge is 2.38. The van der Waals surface area contributed by atoms with Crippen molar-refractivity contribution in [1.82, 2.24) is 10.3 Å². The molecule has 0 bridgehead atoms. The van der Waals surface area contributed by atoms with Crippen molar-refractivity contribution in [3.8, 4) is 0 Å². The fourth-order valence-corrected chi connectivity index (χ4v) is 3.13. The summed E-state index contributed by atoms with van der Waals surface area (Å²) in [6.07, 6.45) is 3.35. The van der Waals surface area contributed by atoms with Gasteiger partial charge >= 0.3 is 0 Å². The molecule has 0 saturated carbocycles. The standard InChI is InChI=1S/C15H23N3/c1-15(2,3)12-4-5-14(17-9-12)18-7-6-11-8-16-10-13(11)18/h4-5,9,11,13,16H,6-8,10H2,1-3H3/t11-,13+/m0/s1. The summed E-state index contributed by atoms with van der Waals surface area (Å²) < 4.78 is 0. The molecule has 3 nitrogen and oxygen atoms in total. The highest BCUT2D eigenvalue weighted by atomic mass is 15.3. The third kappa shape index (κ3) is 2.01. The molecule has 0 aromatic carbocycles. The zero-order valence-electron chi connectivity index (χ0n) is 11.6. The van der Waals surface area contributed by atoms with E-state index < -0.39 is 0 Å². The molecule has 18 heavy (non-hydrogen) atoms. The van der Waals surface area contributed by atoms with Crippen LogP contribution in [0.1, 0.15) is 32.8 Å². The smallest absolute Gasteiger partial charge is 0.128 e. The number of fused-ring (bicyclic) bond motifs is 1. The number of hydrogen-bond acceptors (Lipinski definition) is 3. The number of anilines is 1. The van der Waals surface area contributed by atoms with Gasteiger partial charge in [0.05, 0.1) is 0 Å². The molecule has 3 rings (SSSR count). The van der Waals surface area contributed by atoms with E-state index in [1.807, 2.05) is 6.20 Å². The predicted molar refractivity (Wildman–Crippen MR) is 75.0 cm³/mol. The van der Waals surface area contributed by atoms with E-state index in [9.17, 15) is 0 Å². The molecule has 1 aromatic rings. The molecule has 3 heterocycles. The van der Waals surface area contributed by atoms with Gasteiger partial charge in [-0.1, -0.05) is 26.8 Å². The summed E-state index contributed by atoms with van der Waals surface area (Å²) in [5, 5.41) is 3.49. The fourth-order valence-electron chi connectivity index (χ4n) is 3.13. The highest BCUT2D eigenvalue weighted by Crippen LogP contribution is 2.31. The van der Waals surface area contributed by atoms with Gasteiger partial charge in [0, 0.05) is 31.9 Å². The second-order valence-corrected chi connectivity index (χ2v) is 6.62. The molecular formula is C15H23N3. The molecule has 2 fully saturated rings. The van der Waals surface area contributed by atoms with E-state index in [2.05, 4.69) is 48.1 Å². The van der Waals surface area contributed by atoms with Crippen LogP contribution in [0.4, 0.5) is 5.82 Å². The third-order valence-electron chi connectivity index (χ3n) is 4.35. The fraction of sp³-hybridized carbons (Fsp3) is 0.667. The molecule has 0 spiro atoms. The molecule has 2 aliphatic heterocycles. The van der Waals surface area contributed by atoms with Gasteiger partial charge in [0.25, 0.3) is 0 Å². The maximum Gasteiger partial charge on any atom is 0.128 e. The summed E-state index contributed by atoms with van der Waals surface area (Å²) >= 11 is 0. The van der Waals surface area contributed by atoms with Gasteiger partial charge in [-0.2, -0.15) is 0 Å². The zero-order valence-corrected chi connectivity index (χ0v) is 11.6. The molecule has 3 heteroatoms. The summed E-state index contributed by atoms with van der Waals surface area (Å²) in [4.78, 5) is 7.17. The molecule has 0 aliphatic carbocycles. The van der Waals surface area contributed by atoms with Gasteiger partial charge < -0.3 is 10.2 Å². The Balaban J connectivity index is 1.81. The molecule has 0 amide bonds. The Morgan fingerprint density at radius 1 is 1.28 bits per heavy atom. The molecule has 98 valence electrons. The lowest BCUT2D eigenvalue weighted by Gasteiger charge is -2.25. The maximum atomic E-state index is 4.69. The Kier molecular flexibility index (Phi) is 2.81. The summed E-state index contributed by atoms with van der Waals surface area (Å²) in [5.41, 5.74) is 1.50. The van der Waals surface area contributed by atoms with Crippen molar-refractivity contribution in [2.45, 2.75) is 38.6 Å². The minimum Gasteiger partial charge on any atom is -0.352 e. The average Bonchev–Trinajstić information content (AvgIpc) is 2.89. The monoisotopic (exact) mass is 245 g/mol. The molecule has 0 radical (unpaired) electrons. The summed E-state index contributed by atoms with van der Waals surface area (Å²) in [7, 11) is 0. The first kappa shape index (κ1) is 12.0. The van der Waals surface area contributed by atoms with Gasteiger partial charge in [-0.05, 0) is 29.4 Å². The number of hydrogen-bond donors (Lipinski definition) is 1. The molecule has 2 saturated heterocycles. The molecule has 0 unspecified atom stereocenters. The minimum absolute atomic E-state index is 0.188. The average molecular weight is 245 g/mol. The van der Waals surface area contributed by atoms with Crippen LogP contribution in [0.2, 0.25) is 0 Å². The topological polar surface area (TPSA) is 28.2 Å². The van der Waals surface area contributed by atoms with Crippen LogP contribution in [0.25, 0.3) is 0 Å². The number of pyridine rings is 1. The Hall–Kier alpha value is -1.09. The lowest BCUT2D eigenvalue weighted by molar-refractivity contribution is 0.575. The van der Waals surface area contributed by atoms with Crippen LogP contribution in [-0.4, -0.2) is 30.7 Å². The normalized spacial score (nSPS) is 27.6. The van der Waals surface area contributed by atoms with E-state index in [-0.39, 0.29) is 5.41 Å². The second-order valence-electron chi connectivity index (χ2n) is 6.62. The van der Waals surface area contributed by atoms with Gasteiger partial charge in [-0.25, -0.2) is 4.98 Å². The van der Waals surface area contributed by atoms with E-state index >= 15 is 0 Å².